The highest BCUT2D eigenvalue weighted by molar-refractivity contribution is 6.35. The van der Waals surface area contributed by atoms with E-state index in [4.69, 9.17) is 0 Å². The van der Waals surface area contributed by atoms with Crippen LogP contribution in [0.4, 0.5) is 0 Å². The molecule has 1 rings (SSSR count). The lowest BCUT2D eigenvalue weighted by atomic mass is 10.0. The first-order chi connectivity index (χ1) is 7.04. The normalized spacial score (nSPS) is 21.8. The van der Waals surface area contributed by atoms with Crippen LogP contribution in [-0.2, 0) is 14.4 Å². The van der Waals surface area contributed by atoms with E-state index in [1.807, 2.05) is 13.8 Å². The van der Waals surface area contributed by atoms with Crippen molar-refractivity contribution in [2.45, 2.75) is 26.3 Å². The molecule has 0 saturated carbocycles. The van der Waals surface area contributed by atoms with Crippen LogP contribution in [0, 0.1) is 5.92 Å². The minimum absolute atomic E-state index is 0.000842. The van der Waals surface area contributed by atoms with Gasteiger partial charge in [-0.15, -0.1) is 0 Å². The van der Waals surface area contributed by atoms with Crippen LogP contribution in [0.5, 0.6) is 0 Å². The zero-order valence-electron chi connectivity index (χ0n) is 9.03. The lowest BCUT2D eigenvalue weighted by Crippen LogP contribution is -2.58. The van der Waals surface area contributed by atoms with E-state index in [1.165, 1.54) is 4.90 Å². The molecule has 1 aliphatic rings. The Labute approximate surface area is 88.8 Å². The molecule has 1 atom stereocenters. The van der Waals surface area contributed by atoms with Gasteiger partial charge in [-0.3, -0.25) is 9.59 Å². The Bertz CT molecular complexity index is 276. The van der Waals surface area contributed by atoms with E-state index in [0.29, 0.717) is 18.7 Å². The molecule has 5 heteroatoms. The number of rotatable bonds is 4. The van der Waals surface area contributed by atoms with Gasteiger partial charge >= 0.3 is 11.8 Å². The standard InChI is InChI=1S/C10H16N2O3/c1-7(2)5-8-6-12(3-4-13)10(15)9(14)11-8/h4,7-8H,3,5-6H2,1-2H3,(H,11,14). The molecular formula is C10H16N2O3. The summed E-state index contributed by atoms with van der Waals surface area (Å²) in [5.41, 5.74) is 0. The highest BCUT2D eigenvalue weighted by Crippen LogP contribution is 2.10. The molecule has 1 aliphatic heterocycles. The molecule has 0 aromatic rings. The van der Waals surface area contributed by atoms with E-state index >= 15 is 0 Å². The number of carbonyl (C=O) groups excluding carboxylic acids is 3. The lowest BCUT2D eigenvalue weighted by Gasteiger charge is -2.32. The minimum Gasteiger partial charge on any atom is -0.343 e. The van der Waals surface area contributed by atoms with Gasteiger partial charge in [0, 0.05) is 12.6 Å². The molecule has 1 heterocycles. The highest BCUT2D eigenvalue weighted by Gasteiger charge is 2.31. The number of carbonyl (C=O) groups is 3. The van der Waals surface area contributed by atoms with Gasteiger partial charge in [-0.25, -0.2) is 0 Å². The maximum Gasteiger partial charge on any atom is 0.312 e. The van der Waals surface area contributed by atoms with Crippen molar-refractivity contribution < 1.29 is 14.4 Å². The summed E-state index contributed by atoms with van der Waals surface area (Å²) in [6, 6.07) is -0.0323. The SMILES string of the molecule is CC(C)CC1CN(CC=O)C(=O)C(=O)N1. The van der Waals surface area contributed by atoms with Gasteiger partial charge < -0.3 is 15.0 Å². The summed E-state index contributed by atoms with van der Waals surface area (Å²) in [5.74, 6) is -0.766. The van der Waals surface area contributed by atoms with Crippen LogP contribution >= 0.6 is 0 Å². The van der Waals surface area contributed by atoms with Crippen molar-refractivity contribution in [1.82, 2.24) is 10.2 Å². The van der Waals surface area contributed by atoms with Crippen molar-refractivity contribution in [3.05, 3.63) is 0 Å². The molecule has 2 amide bonds. The van der Waals surface area contributed by atoms with E-state index in [1.54, 1.807) is 0 Å². The molecule has 84 valence electrons. The molecule has 1 N–H and O–H groups in total. The number of hydrogen-bond acceptors (Lipinski definition) is 3. The van der Waals surface area contributed by atoms with Crippen LogP contribution in [0.3, 0.4) is 0 Å². The quantitative estimate of drug-likeness (QED) is 0.507. The maximum atomic E-state index is 11.3. The molecule has 0 aromatic carbocycles. The van der Waals surface area contributed by atoms with Gasteiger partial charge in [0.15, 0.2) is 0 Å². The van der Waals surface area contributed by atoms with Gasteiger partial charge in [-0.1, -0.05) is 13.8 Å². The smallest absolute Gasteiger partial charge is 0.312 e. The summed E-state index contributed by atoms with van der Waals surface area (Å²) < 4.78 is 0. The zero-order chi connectivity index (χ0) is 11.4. The molecule has 0 spiro atoms. The van der Waals surface area contributed by atoms with Crippen LogP contribution in [0.2, 0.25) is 0 Å². The van der Waals surface area contributed by atoms with Crippen molar-refractivity contribution in [1.29, 1.82) is 0 Å². The molecule has 0 radical (unpaired) electrons. The molecule has 0 aliphatic carbocycles. The molecular weight excluding hydrogens is 196 g/mol. The molecule has 1 saturated heterocycles. The van der Waals surface area contributed by atoms with Gasteiger partial charge in [0.1, 0.15) is 6.29 Å². The Morgan fingerprint density at radius 3 is 2.73 bits per heavy atom. The predicted molar refractivity (Wildman–Crippen MR) is 54.0 cm³/mol. The van der Waals surface area contributed by atoms with Crippen molar-refractivity contribution in [3.63, 3.8) is 0 Å². The van der Waals surface area contributed by atoms with Crippen LogP contribution in [0.25, 0.3) is 0 Å². The summed E-state index contributed by atoms with van der Waals surface area (Å²) in [7, 11) is 0. The van der Waals surface area contributed by atoms with Gasteiger partial charge in [-0.05, 0) is 12.3 Å². The van der Waals surface area contributed by atoms with Crippen LogP contribution in [-0.4, -0.2) is 42.1 Å². The fourth-order valence-corrected chi connectivity index (χ4v) is 1.74. The minimum atomic E-state index is -0.609. The fourth-order valence-electron chi connectivity index (χ4n) is 1.74. The van der Waals surface area contributed by atoms with Gasteiger partial charge in [0.25, 0.3) is 0 Å². The van der Waals surface area contributed by atoms with E-state index in [9.17, 15) is 14.4 Å². The summed E-state index contributed by atoms with van der Waals surface area (Å²) >= 11 is 0. The van der Waals surface area contributed by atoms with Crippen molar-refractivity contribution in [2.24, 2.45) is 5.92 Å². The Balaban J connectivity index is 2.62. The zero-order valence-corrected chi connectivity index (χ0v) is 9.03. The van der Waals surface area contributed by atoms with Gasteiger partial charge in [-0.2, -0.15) is 0 Å². The Morgan fingerprint density at radius 1 is 1.53 bits per heavy atom. The van der Waals surface area contributed by atoms with Gasteiger partial charge in [0.2, 0.25) is 0 Å². The second-order valence-electron chi connectivity index (χ2n) is 4.18. The molecule has 0 aromatic heterocycles. The third kappa shape index (κ3) is 3.04. The number of nitrogens with zero attached hydrogens (tertiary/aromatic N) is 1. The van der Waals surface area contributed by atoms with Crippen LogP contribution in [0.15, 0.2) is 0 Å². The first kappa shape index (κ1) is 11.7. The van der Waals surface area contributed by atoms with Crippen molar-refractivity contribution in [2.75, 3.05) is 13.1 Å². The van der Waals surface area contributed by atoms with Gasteiger partial charge in [0.05, 0.1) is 6.54 Å². The average molecular weight is 212 g/mol. The number of amides is 2. The maximum absolute atomic E-state index is 11.3. The summed E-state index contributed by atoms with van der Waals surface area (Å²) in [5, 5.41) is 2.64. The van der Waals surface area contributed by atoms with E-state index in [0.717, 1.165) is 6.42 Å². The number of nitrogens with one attached hydrogen (secondary N) is 1. The average Bonchev–Trinajstić information content (AvgIpc) is 2.12. The summed E-state index contributed by atoms with van der Waals surface area (Å²) in [6.45, 7) is 4.53. The monoisotopic (exact) mass is 212 g/mol. The fraction of sp³-hybridized carbons (Fsp3) is 0.700. The second kappa shape index (κ2) is 4.91. The van der Waals surface area contributed by atoms with E-state index < -0.39 is 11.8 Å². The topological polar surface area (TPSA) is 66.5 Å². The molecule has 1 unspecified atom stereocenters. The first-order valence-electron chi connectivity index (χ1n) is 5.08. The first-order valence-corrected chi connectivity index (χ1v) is 5.08. The van der Waals surface area contributed by atoms with Crippen LogP contribution < -0.4 is 5.32 Å². The third-order valence-corrected chi connectivity index (χ3v) is 2.31. The number of hydrogen-bond donors (Lipinski definition) is 1. The Hall–Kier alpha value is -1.39. The Kier molecular flexibility index (Phi) is 3.82. The molecule has 0 bridgehead atoms. The van der Waals surface area contributed by atoms with Crippen molar-refractivity contribution >= 4 is 18.1 Å². The molecule has 15 heavy (non-hydrogen) atoms. The number of piperazine rings is 1. The van der Waals surface area contributed by atoms with Crippen LogP contribution in [0.1, 0.15) is 20.3 Å². The van der Waals surface area contributed by atoms with Crippen molar-refractivity contribution in [3.8, 4) is 0 Å². The van der Waals surface area contributed by atoms with E-state index in [-0.39, 0.29) is 12.6 Å². The molecule has 5 nitrogen and oxygen atoms in total. The summed E-state index contributed by atoms with van der Waals surface area (Å²) in [4.78, 5) is 34.2. The summed E-state index contributed by atoms with van der Waals surface area (Å²) in [6.07, 6.45) is 1.46. The third-order valence-electron chi connectivity index (χ3n) is 2.31. The lowest BCUT2D eigenvalue weighted by molar-refractivity contribution is -0.150. The largest absolute Gasteiger partial charge is 0.343 e. The Morgan fingerprint density at radius 2 is 2.20 bits per heavy atom. The second-order valence-corrected chi connectivity index (χ2v) is 4.18. The number of aldehydes is 1. The highest BCUT2D eigenvalue weighted by atomic mass is 16.2. The predicted octanol–water partition coefficient (Wildman–Crippen LogP) is -0.442. The molecule has 1 fully saturated rings. The van der Waals surface area contributed by atoms with E-state index in [2.05, 4.69) is 5.32 Å².